The van der Waals surface area contributed by atoms with Gasteiger partial charge in [0.1, 0.15) is 0 Å². The topological polar surface area (TPSA) is 64.3 Å². The van der Waals surface area contributed by atoms with E-state index in [2.05, 4.69) is 68.6 Å². The molecule has 156 valence electrons. The van der Waals surface area contributed by atoms with Gasteiger partial charge in [-0.25, -0.2) is 0 Å². The highest BCUT2D eigenvalue weighted by atomic mass is 16.1. The van der Waals surface area contributed by atoms with Gasteiger partial charge in [-0.05, 0) is 41.7 Å². The minimum absolute atomic E-state index is 0.0268. The van der Waals surface area contributed by atoms with Crippen molar-refractivity contribution in [1.82, 2.24) is 15.1 Å². The fourth-order valence-electron chi connectivity index (χ4n) is 4.66. The fraction of sp³-hybridized carbons (Fsp3) is 0.417. The summed E-state index contributed by atoms with van der Waals surface area (Å²) in [5.41, 5.74) is 4.70. The summed E-state index contributed by atoms with van der Waals surface area (Å²) >= 11 is 0. The molecule has 1 saturated heterocycles. The van der Waals surface area contributed by atoms with Gasteiger partial charge in [-0.3, -0.25) is 14.8 Å². The van der Waals surface area contributed by atoms with Crippen LogP contribution >= 0.6 is 0 Å². The first-order valence-corrected chi connectivity index (χ1v) is 10.9. The number of fused-ring (bicyclic) bond motifs is 2. The predicted octanol–water partition coefficient (Wildman–Crippen LogP) is 3.62. The second-order valence-electron chi connectivity index (χ2n) is 8.66. The molecule has 0 aliphatic carbocycles. The van der Waals surface area contributed by atoms with Crippen LogP contribution in [0.5, 0.6) is 0 Å². The van der Waals surface area contributed by atoms with Crippen LogP contribution in [0.15, 0.2) is 42.5 Å². The number of benzene rings is 2. The number of nitrogens with zero attached hydrogens (tertiary/aromatic N) is 3. The first-order chi connectivity index (χ1) is 14.6. The summed E-state index contributed by atoms with van der Waals surface area (Å²) in [4.78, 5) is 17.0. The number of rotatable bonds is 4. The SMILES string of the molecule is CC1C(=O)Nc2ccc(CCN3CCN(c4n[nH]c5ccccc45)CC3)cc2C1C. The molecule has 2 aliphatic heterocycles. The van der Waals surface area contributed by atoms with Crippen molar-refractivity contribution in [3.8, 4) is 0 Å². The van der Waals surface area contributed by atoms with Crippen molar-refractivity contribution in [3.63, 3.8) is 0 Å². The Morgan fingerprint density at radius 3 is 2.67 bits per heavy atom. The Labute approximate surface area is 177 Å². The van der Waals surface area contributed by atoms with Crippen molar-refractivity contribution in [2.45, 2.75) is 26.2 Å². The van der Waals surface area contributed by atoms with Gasteiger partial charge in [-0.15, -0.1) is 0 Å². The maximum Gasteiger partial charge on any atom is 0.227 e. The number of hydrogen-bond donors (Lipinski definition) is 2. The average molecular weight is 404 g/mol. The van der Waals surface area contributed by atoms with Gasteiger partial charge in [0, 0.05) is 49.7 Å². The molecule has 0 spiro atoms. The summed E-state index contributed by atoms with van der Waals surface area (Å²) in [5.74, 6) is 1.50. The highest BCUT2D eigenvalue weighted by Crippen LogP contribution is 2.36. The van der Waals surface area contributed by atoms with Crippen molar-refractivity contribution < 1.29 is 4.79 Å². The fourth-order valence-corrected chi connectivity index (χ4v) is 4.66. The lowest BCUT2D eigenvalue weighted by Crippen LogP contribution is -2.47. The molecule has 30 heavy (non-hydrogen) atoms. The van der Waals surface area contributed by atoms with E-state index in [1.54, 1.807) is 0 Å². The number of piperazine rings is 1. The molecule has 2 unspecified atom stereocenters. The van der Waals surface area contributed by atoms with Crippen molar-refractivity contribution in [2.24, 2.45) is 5.92 Å². The third-order valence-electron chi connectivity index (χ3n) is 6.87. The molecule has 0 radical (unpaired) electrons. The second kappa shape index (κ2) is 7.76. The van der Waals surface area contributed by atoms with Gasteiger partial charge in [0.2, 0.25) is 5.91 Å². The van der Waals surface area contributed by atoms with Gasteiger partial charge in [-0.1, -0.05) is 38.1 Å². The van der Waals surface area contributed by atoms with Gasteiger partial charge in [0.15, 0.2) is 5.82 Å². The summed E-state index contributed by atoms with van der Waals surface area (Å²) in [6.07, 6.45) is 1.04. The molecule has 2 aliphatic rings. The minimum atomic E-state index is 0.0268. The molecule has 1 amide bonds. The number of nitrogens with one attached hydrogen (secondary N) is 2. The van der Waals surface area contributed by atoms with E-state index in [1.807, 2.05) is 13.0 Å². The molecule has 1 aromatic heterocycles. The Kier molecular flexibility index (Phi) is 4.95. The van der Waals surface area contributed by atoms with E-state index in [0.29, 0.717) is 0 Å². The number of aromatic amines is 1. The van der Waals surface area contributed by atoms with Gasteiger partial charge in [0.05, 0.1) is 5.52 Å². The largest absolute Gasteiger partial charge is 0.352 e. The van der Waals surface area contributed by atoms with Crippen LogP contribution in [0.1, 0.15) is 30.9 Å². The number of hydrogen-bond acceptors (Lipinski definition) is 4. The Morgan fingerprint density at radius 1 is 1.03 bits per heavy atom. The highest BCUT2D eigenvalue weighted by Gasteiger charge is 2.29. The molecule has 0 bridgehead atoms. The van der Waals surface area contributed by atoms with E-state index in [9.17, 15) is 4.79 Å². The van der Waals surface area contributed by atoms with Crippen molar-refractivity contribution in [3.05, 3.63) is 53.6 Å². The maximum absolute atomic E-state index is 12.0. The lowest BCUT2D eigenvalue weighted by Gasteiger charge is -2.35. The number of aromatic nitrogens is 2. The third-order valence-corrected chi connectivity index (χ3v) is 6.87. The van der Waals surface area contributed by atoms with E-state index in [4.69, 9.17) is 0 Å². The Hall–Kier alpha value is -2.86. The predicted molar refractivity (Wildman–Crippen MR) is 121 cm³/mol. The minimum Gasteiger partial charge on any atom is -0.352 e. The molecule has 0 saturated carbocycles. The summed E-state index contributed by atoms with van der Waals surface area (Å²) in [6.45, 7) is 9.33. The number of H-pyrrole nitrogens is 1. The van der Waals surface area contributed by atoms with Gasteiger partial charge < -0.3 is 10.2 Å². The maximum atomic E-state index is 12.0. The Morgan fingerprint density at radius 2 is 1.83 bits per heavy atom. The Balaban J connectivity index is 1.19. The Bertz CT molecular complexity index is 1070. The summed E-state index contributed by atoms with van der Waals surface area (Å²) in [6, 6.07) is 14.9. The van der Waals surface area contributed by atoms with Crippen molar-refractivity contribution in [1.29, 1.82) is 0 Å². The van der Waals surface area contributed by atoms with E-state index in [-0.39, 0.29) is 17.7 Å². The van der Waals surface area contributed by atoms with Crippen LogP contribution in [-0.2, 0) is 11.2 Å². The second-order valence-corrected chi connectivity index (χ2v) is 8.66. The molecule has 2 N–H and O–H groups in total. The van der Waals surface area contributed by atoms with Crippen LogP contribution in [-0.4, -0.2) is 53.7 Å². The van der Waals surface area contributed by atoms with Gasteiger partial charge in [0.25, 0.3) is 0 Å². The first kappa shape index (κ1) is 19.1. The summed E-state index contributed by atoms with van der Waals surface area (Å²) < 4.78 is 0. The molecule has 6 heteroatoms. The normalized spacial score (nSPS) is 22.2. The zero-order chi connectivity index (χ0) is 20.7. The molecule has 3 heterocycles. The molecule has 5 rings (SSSR count). The number of anilines is 2. The van der Waals surface area contributed by atoms with Crippen LogP contribution in [0.2, 0.25) is 0 Å². The highest BCUT2D eigenvalue weighted by molar-refractivity contribution is 5.96. The average Bonchev–Trinajstić information content (AvgIpc) is 3.21. The monoisotopic (exact) mass is 403 g/mol. The van der Waals surface area contributed by atoms with E-state index in [1.165, 1.54) is 16.5 Å². The van der Waals surface area contributed by atoms with Gasteiger partial charge >= 0.3 is 0 Å². The number of carbonyl (C=O) groups is 1. The van der Waals surface area contributed by atoms with E-state index < -0.39 is 0 Å². The standard InChI is InChI=1S/C24H29N5O/c1-16-17(2)24(30)25-21-8-7-18(15-20(16)21)9-10-28-11-13-29(14-12-28)23-19-5-3-4-6-22(19)26-27-23/h3-8,15-17H,9-14H2,1-2H3,(H,25,30)(H,26,27). The molecule has 2 atom stereocenters. The van der Waals surface area contributed by atoms with E-state index >= 15 is 0 Å². The van der Waals surface area contributed by atoms with Crippen LogP contribution in [0, 0.1) is 5.92 Å². The lowest BCUT2D eigenvalue weighted by atomic mass is 9.83. The van der Waals surface area contributed by atoms with Gasteiger partial charge in [-0.2, -0.15) is 5.10 Å². The summed E-state index contributed by atoms with van der Waals surface area (Å²) in [5, 5.41) is 11.9. The molecule has 6 nitrogen and oxygen atoms in total. The zero-order valence-electron chi connectivity index (χ0n) is 17.7. The van der Waals surface area contributed by atoms with Crippen molar-refractivity contribution in [2.75, 3.05) is 42.9 Å². The third kappa shape index (κ3) is 3.45. The van der Waals surface area contributed by atoms with Crippen LogP contribution in [0.4, 0.5) is 11.5 Å². The number of para-hydroxylation sites is 1. The number of amides is 1. The van der Waals surface area contributed by atoms with E-state index in [0.717, 1.165) is 56.2 Å². The molecular weight excluding hydrogens is 374 g/mol. The lowest BCUT2D eigenvalue weighted by molar-refractivity contribution is -0.120. The van der Waals surface area contributed by atoms with Crippen molar-refractivity contribution >= 4 is 28.3 Å². The first-order valence-electron chi connectivity index (χ1n) is 10.9. The molecular formula is C24H29N5O. The molecule has 2 aromatic carbocycles. The zero-order valence-corrected chi connectivity index (χ0v) is 17.7. The van der Waals surface area contributed by atoms with Crippen LogP contribution in [0.25, 0.3) is 10.9 Å². The molecule has 1 fully saturated rings. The quantitative estimate of drug-likeness (QED) is 0.698. The summed E-state index contributed by atoms with van der Waals surface area (Å²) in [7, 11) is 0. The smallest absolute Gasteiger partial charge is 0.227 e. The number of carbonyl (C=O) groups excluding carboxylic acids is 1. The molecule has 3 aromatic rings. The van der Waals surface area contributed by atoms with Crippen LogP contribution in [0.3, 0.4) is 0 Å². The van der Waals surface area contributed by atoms with Crippen LogP contribution < -0.4 is 10.2 Å².